The Hall–Kier alpha value is -4.08. The summed E-state index contributed by atoms with van der Waals surface area (Å²) in [6.45, 7) is 4.75. The number of H-pyrrole nitrogens is 1. The van der Waals surface area contributed by atoms with E-state index in [1.54, 1.807) is 7.11 Å². The number of nitrogens with one attached hydrogen (secondary N) is 2. The van der Waals surface area contributed by atoms with Crippen molar-refractivity contribution in [1.29, 1.82) is 0 Å². The second-order valence-electron chi connectivity index (χ2n) is 11.0. The highest BCUT2D eigenvalue weighted by Gasteiger charge is 2.36. The van der Waals surface area contributed by atoms with Crippen LogP contribution >= 0.6 is 0 Å². The van der Waals surface area contributed by atoms with Crippen LogP contribution < -0.4 is 20.7 Å². The summed E-state index contributed by atoms with van der Waals surface area (Å²) in [5.41, 5.74) is -2.33. The Morgan fingerprint density at radius 2 is 1.89 bits per heavy atom. The number of carbonyl (C=O) groups is 1. The smallest absolute Gasteiger partial charge is 0.385 e. The number of hydrogen-bond acceptors (Lipinski definition) is 9. The van der Waals surface area contributed by atoms with Crippen molar-refractivity contribution in [3.63, 3.8) is 0 Å². The maximum atomic E-state index is 15.8. The van der Waals surface area contributed by atoms with Crippen LogP contribution in [0.25, 0.3) is 11.1 Å². The Labute approximate surface area is 257 Å². The van der Waals surface area contributed by atoms with Crippen LogP contribution in [0.1, 0.15) is 28.8 Å². The third kappa shape index (κ3) is 7.60. The highest BCUT2D eigenvalue weighted by atomic mass is 19.4. The molecule has 4 heterocycles. The summed E-state index contributed by atoms with van der Waals surface area (Å²) in [6.07, 6.45) is 0.297. The lowest BCUT2D eigenvalue weighted by Crippen LogP contribution is -2.37. The van der Waals surface area contributed by atoms with Crippen LogP contribution in [-0.2, 0) is 15.7 Å². The summed E-state index contributed by atoms with van der Waals surface area (Å²) in [7, 11) is 3.63. The summed E-state index contributed by atoms with van der Waals surface area (Å²) in [6, 6.07) is 3.12. The van der Waals surface area contributed by atoms with E-state index in [-0.39, 0.29) is 17.3 Å². The molecule has 242 valence electrons. The van der Waals surface area contributed by atoms with Gasteiger partial charge in [-0.3, -0.25) is 9.59 Å². The number of carbonyl (C=O) groups excluding carboxylic acids is 1. The van der Waals surface area contributed by atoms with E-state index in [9.17, 15) is 22.8 Å². The third-order valence-electron chi connectivity index (χ3n) is 8.04. The van der Waals surface area contributed by atoms with E-state index in [1.807, 2.05) is 16.8 Å². The first kappa shape index (κ1) is 32.3. The Kier molecular flexibility index (Phi) is 9.99. The molecule has 0 spiro atoms. The van der Waals surface area contributed by atoms with Crippen molar-refractivity contribution in [1.82, 2.24) is 19.9 Å². The summed E-state index contributed by atoms with van der Waals surface area (Å²) in [5, 5.41) is 2.56. The van der Waals surface area contributed by atoms with Gasteiger partial charge < -0.3 is 34.5 Å². The van der Waals surface area contributed by atoms with E-state index < -0.39 is 34.6 Å². The molecule has 2 aliphatic rings. The summed E-state index contributed by atoms with van der Waals surface area (Å²) >= 11 is 0. The molecule has 2 saturated heterocycles. The van der Waals surface area contributed by atoms with Gasteiger partial charge in [-0.05, 0) is 32.0 Å². The number of amides is 1. The van der Waals surface area contributed by atoms with Crippen molar-refractivity contribution >= 4 is 23.2 Å². The number of alkyl halides is 3. The van der Waals surface area contributed by atoms with Crippen LogP contribution in [0.15, 0.2) is 41.6 Å². The van der Waals surface area contributed by atoms with E-state index in [1.165, 1.54) is 24.5 Å². The Bertz CT molecular complexity index is 1540. The standard InChI is InChI=1S/C30H35F4N7O4/c1-39(5-3-9-44-2)20-4-6-41(18-20)26-14-24(31)21(19-15-36-29(37-16-19)40-7-10-45-11-8-40)12-25(26)38-28(43)22-17-35-27(42)13-23(22)30(32,33)34/h12-17,20H,3-11,18H2,1-2H3,(H,35,42)(H,38,43). The number of anilines is 3. The molecule has 15 heteroatoms. The number of hydrogen-bond donors (Lipinski definition) is 2. The number of ether oxygens (including phenoxy) is 2. The fourth-order valence-corrected chi connectivity index (χ4v) is 5.58. The number of aromatic amines is 1. The van der Waals surface area contributed by atoms with E-state index in [0.717, 1.165) is 25.6 Å². The van der Waals surface area contributed by atoms with Gasteiger partial charge in [0.15, 0.2) is 0 Å². The van der Waals surface area contributed by atoms with Crippen molar-refractivity contribution in [2.75, 3.05) is 81.8 Å². The van der Waals surface area contributed by atoms with Crippen LogP contribution in [0.3, 0.4) is 0 Å². The third-order valence-corrected chi connectivity index (χ3v) is 8.04. The molecular formula is C30H35F4N7O4. The van der Waals surface area contributed by atoms with Gasteiger partial charge in [0.2, 0.25) is 11.5 Å². The zero-order chi connectivity index (χ0) is 32.1. The number of morpholine rings is 1. The fraction of sp³-hybridized carbons (Fsp3) is 0.467. The lowest BCUT2D eigenvalue weighted by Gasteiger charge is -2.27. The fourth-order valence-electron chi connectivity index (χ4n) is 5.58. The average Bonchev–Trinajstić information content (AvgIpc) is 3.52. The number of likely N-dealkylation sites (N-methyl/N-ethyl adjacent to an activating group) is 1. The average molecular weight is 634 g/mol. The number of benzene rings is 1. The minimum atomic E-state index is -4.95. The van der Waals surface area contributed by atoms with Crippen LogP contribution in [0.4, 0.5) is 34.9 Å². The van der Waals surface area contributed by atoms with Gasteiger partial charge in [-0.15, -0.1) is 0 Å². The van der Waals surface area contributed by atoms with Gasteiger partial charge in [-0.25, -0.2) is 14.4 Å². The first-order valence-electron chi connectivity index (χ1n) is 14.6. The van der Waals surface area contributed by atoms with Gasteiger partial charge >= 0.3 is 6.18 Å². The minimum absolute atomic E-state index is 0.0625. The quantitative estimate of drug-likeness (QED) is 0.255. The zero-order valence-electron chi connectivity index (χ0n) is 25.0. The molecule has 0 saturated carbocycles. The molecule has 2 aliphatic heterocycles. The van der Waals surface area contributed by atoms with Crippen LogP contribution in [-0.4, -0.2) is 98.5 Å². The van der Waals surface area contributed by atoms with E-state index >= 15 is 4.39 Å². The van der Waals surface area contributed by atoms with Gasteiger partial charge in [0.1, 0.15) is 5.82 Å². The van der Waals surface area contributed by atoms with Crippen molar-refractivity contribution in [2.45, 2.75) is 25.1 Å². The second-order valence-corrected chi connectivity index (χ2v) is 11.0. The number of rotatable bonds is 10. The van der Waals surface area contributed by atoms with Gasteiger partial charge in [-0.1, -0.05) is 0 Å². The monoisotopic (exact) mass is 633 g/mol. The Morgan fingerprint density at radius 3 is 2.58 bits per heavy atom. The molecule has 3 aromatic rings. The SMILES string of the molecule is COCCCN(C)C1CCN(c2cc(F)c(-c3cnc(N4CCOCC4)nc3)cc2NC(=O)c2c[nH]c(=O)cc2C(F)(F)F)C1. The van der Waals surface area contributed by atoms with Gasteiger partial charge in [-0.2, -0.15) is 13.2 Å². The highest BCUT2D eigenvalue weighted by molar-refractivity contribution is 6.07. The van der Waals surface area contributed by atoms with Crippen LogP contribution in [0, 0.1) is 5.82 Å². The van der Waals surface area contributed by atoms with E-state index in [0.29, 0.717) is 69.3 Å². The normalized spacial score (nSPS) is 17.3. The van der Waals surface area contributed by atoms with Gasteiger partial charge in [0.05, 0.1) is 35.7 Å². The summed E-state index contributed by atoms with van der Waals surface area (Å²) < 4.78 is 67.6. The number of nitrogens with zero attached hydrogens (tertiary/aromatic N) is 5. The molecule has 0 bridgehead atoms. The molecular weight excluding hydrogens is 598 g/mol. The molecule has 1 aromatic carbocycles. The molecule has 1 atom stereocenters. The maximum absolute atomic E-state index is 15.8. The molecule has 45 heavy (non-hydrogen) atoms. The molecule has 2 fully saturated rings. The maximum Gasteiger partial charge on any atom is 0.417 e. The van der Waals surface area contributed by atoms with Gasteiger partial charge in [0.25, 0.3) is 5.91 Å². The number of pyridine rings is 1. The molecule has 11 nitrogen and oxygen atoms in total. The topological polar surface area (TPSA) is 116 Å². The Balaban J connectivity index is 1.48. The molecule has 1 unspecified atom stereocenters. The molecule has 2 aromatic heterocycles. The predicted molar refractivity (Wildman–Crippen MR) is 160 cm³/mol. The highest BCUT2D eigenvalue weighted by Crippen LogP contribution is 2.37. The van der Waals surface area contributed by atoms with E-state index in [2.05, 4.69) is 25.2 Å². The van der Waals surface area contributed by atoms with Crippen LogP contribution in [0.2, 0.25) is 0 Å². The lowest BCUT2D eigenvalue weighted by atomic mass is 10.0. The number of aromatic nitrogens is 3. The molecule has 1 amide bonds. The lowest BCUT2D eigenvalue weighted by molar-refractivity contribution is -0.138. The van der Waals surface area contributed by atoms with Crippen molar-refractivity contribution < 1.29 is 31.8 Å². The van der Waals surface area contributed by atoms with Gasteiger partial charge in [0, 0.05) is 88.3 Å². The molecule has 0 aliphatic carbocycles. The number of methoxy groups -OCH3 is 1. The number of halogens is 4. The predicted octanol–water partition coefficient (Wildman–Crippen LogP) is 3.63. The zero-order valence-corrected chi connectivity index (χ0v) is 25.0. The van der Waals surface area contributed by atoms with Crippen molar-refractivity contribution in [2.24, 2.45) is 0 Å². The molecule has 5 rings (SSSR count). The Morgan fingerprint density at radius 1 is 1.16 bits per heavy atom. The summed E-state index contributed by atoms with van der Waals surface area (Å²) in [5.74, 6) is -1.26. The minimum Gasteiger partial charge on any atom is -0.385 e. The largest absolute Gasteiger partial charge is 0.417 e. The molecule has 0 radical (unpaired) electrons. The first-order valence-corrected chi connectivity index (χ1v) is 14.6. The van der Waals surface area contributed by atoms with E-state index in [4.69, 9.17) is 9.47 Å². The first-order chi connectivity index (χ1) is 21.5. The van der Waals surface area contributed by atoms with Crippen molar-refractivity contribution in [3.05, 3.63) is 64.1 Å². The summed E-state index contributed by atoms with van der Waals surface area (Å²) in [4.78, 5) is 41.9. The second kappa shape index (κ2) is 13.9. The van der Waals surface area contributed by atoms with Crippen molar-refractivity contribution in [3.8, 4) is 11.1 Å². The molecule has 2 N–H and O–H groups in total. The van der Waals surface area contributed by atoms with Crippen LogP contribution in [0.5, 0.6) is 0 Å².